The van der Waals surface area contributed by atoms with E-state index in [1.54, 1.807) is 17.4 Å². The smallest absolute Gasteiger partial charge is 0.223 e. The number of anilines is 1. The van der Waals surface area contributed by atoms with E-state index < -0.39 is 5.03 Å². The second kappa shape index (κ2) is 6.45. The molecule has 0 bridgehead atoms. The lowest BCUT2D eigenvalue weighted by Crippen LogP contribution is -2.29. The largest absolute Gasteiger partial charge is 0.486 e. The quantitative estimate of drug-likeness (QED) is 0.504. The Morgan fingerprint density at radius 3 is 2.76 bits per heavy atom. The van der Waals surface area contributed by atoms with Gasteiger partial charge in [-0.25, -0.2) is 10.1 Å². The molecule has 0 radical (unpaired) electrons. The first kappa shape index (κ1) is 15.5. The molecule has 0 saturated carbocycles. The van der Waals surface area contributed by atoms with Gasteiger partial charge in [-0.3, -0.25) is 0 Å². The first-order chi connectivity index (χ1) is 12.2. The Bertz CT molecular complexity index is 897. The van der Waals surface area contributed by atoms with Gasteiger partial charge in [-0.2, -0.15) is 11.3 Å². The van der Waals surface area contributed by atoms with Crippen molar-refractivity contribution >= 4 is 17.0 Å². The highest BCUT2D eigenvalue weighted by molar-refractivity contribution is 7.07. The van der Waals surface area contributed by atoms with Crippen LogP contribution in [0, 0.1) is 10.1 Å². The minimum Gasteiger partial charge on any atom is -0.486 e. The van der Waals surface area contributed by atoms with Crippen LogP contribution in [-0.2, 0) is 6.61 Å². The van der Waals surface area contributed by atoms with E-state index in [4.69, 9.17) is 9.47 Å². The molecule has 0 N–H and O–H groups in total. The zero-order valence-electron chi connectivity index (χ0n) is 13.1. The average Bonchev–Trinajstić information content (AvgIpc) is 3.30. The van der Waals surface area contributed by atoms with Crippen molar-refractivity contribution in [2.75, 3.05) is 11.7 Å². The van der Waals surface area contributed by atoms with Crippen LogP contribution in [0.5, 0.6) is 11.5 Å². The summed E-state index contributed by atoms with van der Waals surface area (Å²) in [6.07, 6.45) is 0. The lowest BCUT2D eigenvalue weighted by atomic mass is 10.0. The zero-order valence-corrected chi connectivity index (χ0v) is 13.9. The zero-order chi connectivity index (χ0) is 17.2. The molecule has 2 heterocycles. The van der Waals surface area contributed by atoms with Crippen LogP contribution in [0.1, 0.15) is 5.56 Å². The number of ether oxygens (including phenoxy) is 2. The minimum atomic E-state index is -0.474. The van der Waals surface area contributed by atoms with E-state index >= 15 is 0 Å². The molecule has 0 unspecified atom stereocenters. The van der Waals surface area contributed by atoms with Crippen molar-refractivity contribution in [1.82, 2.24) is 0 Å². The molecule has 6 nitrogen and oxygen atoms in total. The Morgan fingerprint density at radius 2 is 2.04 bits per heavy atom. The molecule has 2 aromatic carbocycles. The van der Waals surface area contributed by atoms with Crippen molar-refractivity contribution in [2.24, 2.45) is 0 Å². The molecule has 0 aliphatic carbocycles. The average molecular weight is 354 g/mol. The SMILES string of the molecule is O=[N+]([O-])N1COc2ccc(-c3ccccc3)c(OCc3ccsc3)c21. The van der Waals surface area contributed by atoms with Crippen molar-refractivity contribution in [3.8, 4) is 22.6 Å². The van der Waals surface area contributed by atoms with Crippen LogP contribution in [0.15, 0.2) is 59.3 Å². The number of hydrogen-bond acceptors (Lipinski definition) is 5. The third-order valence-corrected chi connectivity index (χ3v) is 4.67. The molecule has 0 saturated heterocycles. The predicted octanol–water partition coefficient (Wildman–Crippen LogP) is 4.34. The molecule has 1 aromatic heterocycles. The molecule has 0 spiro atoms. The summed E-state index contributed by atoms with van der Waals surface area (Å²) in [5, 5.41) is 15.9. The Kier molecular flexibility index (Phi) is 3.99. The summed E-state index contributed by atoms with van der Waals surface area (Å²) in [7, 11) is 0. The summed E-state index contributed by atoms with van der Waals surface area (Å²) in [5.41, 5.74) is 3.11. The summed E-state index contributed by atoms with van der Waals surface area (Å²) >= 11 is 1.58. The summed E-state index contributed by atoms with van der Waals surface area (Å²) < 4.78 is 11.5. The van der Waals surface area contributed by atoms with Gasteiger partial charge in [0, 0.05) is 5.56 Å². The van der Waals surface area contributed by atoms with Crippen LogP contribution in [0.25, 0.3) is 11.1 Å². The lowest BCUT2D eigenvalue weighted by Gasteiger charge is -2.16. The summed E-state index contributed by atoms with van der Waals surface area (Å²) in [4.78, 5) is 11.4. The first-order valence-corrected chi connectivity index (χ1v) is 8.59. The van der Waals surface area contributed by atoms with Crippen LogP contribution in [-0.4, -0.2) is 11.8 Å². The number of benzene rings is 2. The van der Waals surface area contributed by atoms with Gasteiger partial charge in [0.2, 0.25) is 6.73 Å². The monoisotopic (exact) mass is 354 g/mol. The number of nitro groups is 1. The normalized spacial score (nSPS) is 12.6. The van der Waals surface area contributed by atoms with E-state index in [0.717, 1.165) is 21.7 Å². The van der Waals surface area contributed by atoms with Crippen LogP contribution in [0.2, 0.25) is 0 Å². The number of hydrazine groups is 1. The van der Waals surface area contributed by atoms with Gasteiger partial charge in [-0.05, 0) is 40.1 Å². The molecular weight excluding hydrogens is 340 g/mol. The van der Waals surface area contributed by atoms with Crippen LogP contribution >= 0.6 is 11.3 Å². The van der Waals surface area contributed by atoms with Crippen LogP contribution < -0.4 is 14.5 Å². The van der Waals surface area contributed by atoms with E-state index in [1.165, 1.54) is 0 Å². The van der Waals surface area contributed by atoms with E-state index in [1.807, 2.05) is 53.2 Å². The first-order valence-electron chi connectivity index (χ1n) is 7.65. The van der Waals surface area contributed by atoms with Crippen molar-refractivity contribution in [3.05, 3.63) is 75.0 Å². The molecule has 25 heavy (non-hydrogen) atoms. The van der Waals surface area contributed by atoms with E-state index in [0.29, 0.717) is 23.8 Å². The molecule has 3 aromatic rings. The van der Waals surface area contributed by atoms with Gasteiger partial charge >= 0.3 is 0 Å². The molecule has 7 heteroatoms. The van der Waals surface area contributed by atoms with Crippen molar-refractivity contribution in [2.45, 2.75) is 6.61 Å². The third kappa shape index (κ3) is 2.89. The van der Waals surface area contributed by atoms with Crippen molar-refractivity contribution < 1.29 is 14.5 Å². The van der Waals surface area contributed by atoms with Crippen molar-refractivity contribution in [1.29, 1.82) is 0 Å². The molecule has 126 valence electrons. The van der Waals surface area contributed by atoms with Gasteiger partial charge in [-0.1, -0.05) is 35.3 Å². The number of nitrogens with zero attached hydrogens (tertiary/aromatic N) is 2. The Morgan fingerprint density at radius 1 is 1.20 bits per heavy atom. The molecule has 0 fully saturated rings. The fourth-order valence-electron chi connectivity index (χ4n) is 2.76. The Balaban J connectivity index is 1.81. The van der Waals surface area contributed by atoms with Crippen LogP contribution in [0.3, 0.4) is 0 Å². The van der Waals surface area contributed by atoms with E-state index in [-0.39, 0.29) is 6.73 Å². The molecule has 4 rings (SSSR count). The Hall–Kier alpha value is -3.06. The van der Waals surface area contributed by atoms with E-state index in [9.17, 15) is 10.1 Å². The highest BCUT2D eigenvalue weighted by Crippen LogP contribution is 2.47. The number of hydrogen-bond donors (Lipinski definition) is 0. The molecule has 0 atom stereocenters. The fraction of sp³-hybridized carbons (Fsp3) is 0.111. The fourth-order valence-corrected chi connectivity index (χ4v) is 3.41. The van der Waals surface area contributed by atoms with Gasteiger partial charge in [0.05, 0.1) is 0 Å². The predicted molar refractivity (Wildman–Crippen MR) is 95.5 cm³/mol. The number of fused-ring (bicyclic) bond motifs is 1. The van der Waals surface area contributed by atoms with E-state index in [2.05, 4.69) is 0 Å². The third-order valence-electron chi connectivity index (χ3n) is 3.94. The highest BCUT2D eigenvalue weighted by atomic mass is 32.1. The Labute approximate surface area is 148 Å². The minimum absolute atomic E-state index is 0.130. The van der Waals surface area contributed by atoms with Gasteiger partial charge < -0.3 is 9.47 Å². The topological polar surface area (TPSA) is 64.8 Å². The maximum Gasteiger partial charge on any atom is 0.223 e. The maximum absolute atomic E-state index is 11.4. The van der Waals surface area contributed by atoms with Gasteiger partial charge in [0.25, 0.3) is 0 Å². The molecule has 1 aliphatic heterocycles. The highest BCUT2D eigenvalue weighted by Gasteiger charge is 2.35. The lowest BCUT2D eigenvalue weighted by molar-refractivity contribution is -0.496. The summed E-state index contributed by atoms with van der Waals surface area (Å²) in [5.74, 6) is 0.917. The summed E-state index contributed by atoms with van der Waals surface area (Å²) in [6.45, 7) is 0.209. The van der Waals surface area contributed by atoms with Crippen molar-refractivity contribution in [3.63, 3.8) is 0 Å². The summed E-state index contributed by atoms with van der Waals surface area (Å²) in [6, 6.07) is 15.3. The molecule has 0 amide bonds. The van der Waals surface area contributed by atoms with Gasteiger partial charge in [-0.15, -0.1) is 0 Å². The second-order valence-electron chi connectivity index (χ2n) is 5.49. The van der Waals surface area contributed by atoms with Crippen LogP contribution in [0.4, 0.5) is 5.69 Å². The molecule has 1 aliphatic rings. The van der Waals surface area contributed by atoms with Gasteiger partial charge in [0.1, 0.15) is 6.61 Å². The molecular formula is C18H14N2O4S. The maximum atomic E-state index is 11.4. The second-order valence-corrected chi connectivity index (χ2v) is 6.27. The number of rotatable bonds is 5. The van der Waals surface area contributed by atoms with Gasteiger partial charge in [0.15, 0.2) is 22.2 Å². The standard InChI is InChI=1S/C18H14N2O4S/c21-20(22)19-12-24-16-7-6-15(14-4-2-1-3-5-14)18(17(16)19)23-10-13-8-9-25-11-13/h1-9,11H,10,12H2. The number of thiophene rings is 1.